The minimum Gasteiger partial charge on any atom is -0.236 e. The molecule has 0 unspecified atom stereocenters. The first kappa shape index (κ1) is 28.4. The third kappa shape index (κ3) is 9.02. The molecule has 0 atom stereocenters. The summed E-state index contributed by atoms with van der Waals surface area (Å²) < 4.78 is 0. The van der Waals surface area contributed by atoms with Crippen molar-refractivity contribution in [2.45, 2.75) is 135 Å². The normalized spacial score (nSPS) is 19.8. The van der Waals surface area contributed by atoms with Crippen molar-refractivity contribution in [2.75, 3.05) is 0 Å². The molecular formula is C33H49N3. The Morgan fingerprint density at radius 3 is 1.92 bits per heavy atom. The van der Waals surface area contributed by atoms with Crippen LogP contribution < -0.4 is 0 Å². The van der Waals surface area contributed by atoms with Gasteiger partial charge in [0.2, 0.25) is 0 Å². The van der Waals surface area contributed by atoms with E-state index >= 15 is 0 Å². The van der Waals surface area contributed by atoms with Gasteiger partial charge in [0.05, 0.1) is 11.5 Å². The van der Waals surface area contributed by atoms with Crippen molar-refractivity contribution in [1.29, 1.82) is 5.26 Å². The van der Waals surface area contributed by atoms with Crippen molar-refractivity contribution < 1.29 is 0 Å². The number of benzene rings is 1. The Morgan fingerprint density at radius 1 is 0.778 bits per heavy atom. The number of hydrogen-bond acceptors (Lipinski definition) is 3. The molecule has 0 N–H and O–H groups in total. The first-order valence-corrected chi connectivity index (χ1v) is 15.0. The number of nitriles is 1. The fourth-order valence-electron chi connectivity index (χ4n) is 5.81. The average Bonchev–Trinajstić information content (AvgIpc) is 2.93. The molecule has 0 saturated heterocycles. The first-order valence-electron chi connectivity index (χ1n) is 15.0. The van der Waals surface area contributed by atoms with Crippen LogP contribution in [-0.4, -0.2) is 9.97 Å². The lowest BCUT2D eigenvalue weighted by Crippen LogP contribution is -2.25. The second-order valence-corrected chi connectivity index (χ2v) is 11.2. The maximum atomic E-state index is 9.99. The highest BCUT2D eigenvalue weighted by molar-refractivity contribution is 5.55. The third-order valence-electron chi connectivity index (χ3n) is 8.35. The van der Waals surface area contributed by atoms with E-state index in [9.17, 15) is 5.26 Å². The number of unbranched alkanes of at least 4 members (excludes halogenated alkanes) is 10. The molecule has 0 aliphatic heterocycles. The molecule has 1 heterocycles. The predicted molar refractivity (Wildman–Crippen MR) is 152 cm³/mol. The van der Waals surface area contributed by atoms with Gasteiger partial charge in [-0.15, -0.1) is 0 Å². The van der Waals surface area contributed by atoms with Crippen LogP contribution >= 0.6 is 0 Å². The molecule has 3 rings (SSSR count). The SMILES string of the molecule is CCCCCCCCCCC1(C#N)CCC(c2ccc(-c3ncc(CCCCCC)cn3)cc2)CC1. The molecule has 0 spiro atoms. The molecule has 36 heavy (non-hydrogen) atoms. The van der Waals surface area contributed by atoms with E-state index in [4.69, 9.17) is 0 Å². The number of rotatable bonds is 16. The highest BCUT2D eigenvalue weighted by atomic mass is 14.9. The minimum atomic E-state index is -0.0786. The van der Waals surface area contributed by atoms with Crippen molar-refractivity contribution in [1.82, 2.24) is 9.97 Å². The third-order valence-corrected chi connectivity index (χ3v) is 8.35. The minimum absolute atomic E-state index is 0.0786. The van der Waals surface area contributed by atoms with Crippen LogP contribution in [0.5, 0.6) is 0 Å². The van der Waals surface area contributed by atoms with E-state index in [1.807, 2.05) is 12.4 Å². The molecule has 0 radical (unpaired) electrons. The highest BCUT2D eigenvalue weighted by Crippen LogP contribution is 2.45. The lowest BCUT2D eigenvalue weighted by atomic mass is 9.67. The van der Waals surface area contributed by atoms with Gasteiger partial charge in [-0.2, -0.15) is 5.26 Å². The van der Waals surface area contributed by atoms with Gasteiger partial charge in [0.25, 0.3) is 0 Å². The standard InChI is InChI=1S/C33H49N3/c1-3-5-7-9-10-11-12-14-22-33(27-34)23-20-30(21-24-33)29-16-18-31(19-17-29)32-35-25-28(26-36-32)15-13-8-6-4-2/h16-19,25-26,30H,3-15,20-24H2,1-2H3. The molecule has 3 nitrogen and oxygen atoms in total. The summed E-state index contributed by atoms with van der Waals surface area (Å²) >= 11 is 0. The van der Waals surface area contributed by atoms with E-state index < -0.39 is 0 Å². The quantitative estimate of drug-likeness (QED) is 0.221. The molecule has 1 aromatic heterocycles. The Hall–Kier alpha value is -2.21. The van der Waals surface area contributed by atoms with Crippen molar-refractivity contribution in [2.24, 2.45) is 5.41 Å². The van der Waals surface area contributed by atoms with Gasteiger partial charge in [-0.25, -0.2) is 9.97 Å². The summed E-state index contributed by atoms with van der Waals surface area (Å²) in [4.78, 5) is 9.27. The van der Waals surface area contributed by atoms with Gasteiger partial charge < -0.3 is 0 Å². The van der Waals surface area contributed by atoms with Crippen LogP contribution in [0.25, 0.3) is 11.4 Å². The zero-order chi connectivity index (χ0) is 25.5. The monoisotopic (exact) mass is 487 g/mol. The smallest absolute Gasteiger partial charge is 0.159 e. The van der Waals surface area contributed by atoms with Crippen LogP contribution in [0.1, 0.15) is 140 Å². The summed E-state index contributed by atoms with van der Waals surface area (Å²) in [6.45, 7) is 4.52. The molecule has 0 bridgehead atoms. The largest absolute Gasteiger partial charge is 0.236 e. The van der Waals surface area contributed by atoms with Crippen molar-refractivity contribution in [3.63, 3.8) is 0 Å². The molecule has 1 aromatic carbocycles. The van der Waals surface area contributed by atoms with E-state index in [-0.39, 0.29) is 5.41 Å². The van der Waals surface area contributed by atoms with E-state index in [0.717, 1.165) is 49.9 Å². The van der Waals surface area contributed by atoms with Crippen LogP contribution in [0.15, 0.2) is 36.7 Å². The first-order chi connectivity index (χ1) is 17.7. The van der Waals surface area contributed by atoms with E-state index in [2.05, 4.69) is 54.2 Å². The van der Waals surface area contributed by atoms with Gasteiger partial charge in [-0.3, -0.25) is 0 Å². The van der Waals surface area contributed by atoms with Crippen molar-refractivity contribution in [3.05, 3.63) is 47.8 Å². The number of hydrogen-bond donors (Lipinski definition) is 0. The summed E-state index contributed by atoms with van der Waals surface area (Å²) in [6.07, 6.45) is 26.3. The summed E-state index contributed by atoms with van der Waals surface area (Å²) in [5, 5.41) is 9.99. The zero-order valence-electron chi connectivity index (χ0n) is 23.1. The van der Waals surface area contributed by atoms with Gasteiger partial charge in [0, 0.05) is 18.0 Å². The lowest BCUT2D eigenvalue weighted by molar-refractivity contribution is 0.222. The molecule has 1 aliphatic carbocycles. The second kappa shape index (κ2) is 15.8. The van der Waals surface area contributed by atoms with Gasteiger partial charge in [0.1, 0.15) is 0 Å². The maximum Gasteiger partial charge on any atom is 0.159 e. The van der Waals surface area contributed by atoms with E-state index in [0.29, 0.717) is 5.92 Å². The Balaban J connectivity index is 1.42. The molecule has 2 aromatic rings. The van der Waals surface area contributed by atoms with Crippen LogP contribution in [0.3, 0.4) is 0 Å². The number of nitrogens with zero attached hydrogens (tertiary/aromatic N) is 3. The fraction of sp³-hybridized carbons (Fsp3) is 0.667. The van der Waals surface area contributed by atoms with Gasteiger partial charge in [-0.1, -0.05) is 109 Å². The lowest BCUT2D eigenvalue weighted by Gasteiger charge is -2.35. The summed E-state index contributed by atoms with van der Waals surface area (Å²) in [5.74, 6) is 1.39. The molecule has 1 fully saturated rings. The summed E-state index contributed by atoms with van der Waals surface area (Å²) in [5.41, 5.74) is 3.66. The molecule has 3 heteroatoms. The molecule has 1 aliphatic rings. The van der Waals surface area contributed by atoms with Gasteiger partial charge in [0.15, 0.2) is 5.82 Å². The zero-order valence-corrected chi connectivity index (χ0v) is 23.1. The number of aromatic nitrogens is 2. The van der Waals surface area contributed by atoms with Crippen LogP contribution in [0.2, 0.25) is 0 Å². The van der Waals surface area contributed by atoms with Crippen molar-refractivity contribution in [3.8, 4) is 17.5 Å². The summed E-state index contributed by atoms with van der Waals surface area (Å²) in [7, 11) is 0. The van der Waals surface area contributed by atoms with Crippen LogP contribution in [0.4, 0.5) is 0 Å². The van der Waals surface area contributed by atoms with Crippen molar-refractivity contribution >= 4 is 0 Å². The second-order valence-electron chi connectivity index (χ2n) is 11.2. The van der Waals surface area contributed by atoms with Gasteiger partial charge in [-0.05, 0) is 62.0 Å². The Kier molecular flexibility index (Phi) is 12.5. The summed E-state index contributed by atoms with van der Waals surface area (Å²) in [6, 6.07) is 11.6. The topological polar surface area (TPSA) is 49.6 Å². The molecule has 1 saturated carbocycles. The maximum absolute atomic E-state index is 9.99. The Morgan fingerprint density at radius 2 is 1.33 bits per heavy atom. The van der Waals surface area contributed by atoms with E-state index in [1.165, 1.54) is 88.2 Å². The van der Waals surface area contributed by atoms with Crippen LogP contribution in [0, 0.1) is 16.7 Å². The number of aryl methyl sites for hydroxylation is 1. The average molecular weight is 488 g/mol. The molecule has 0 amide bonds. The Bertz CT molecular complexity index is 886. The van der Waals surface area contributed by atoms with Gasteiger partial charge >= 0.3 is 0 Å². The van der Waals surface area contributed by atoms with Crippen LogP contribution in [-0.2, 0) is 6.42 Å². The highest BCUT2D eigenvalue weighted by Gasteiger charge is 2.35. The molecular weight excluding hydrogens is 438 g/mol. The Labute approximate surface area is 221 Å². The molecule has 196 valence electrons. The predicted octanol–water partition coefficient (Wildman–Crippen LogP) is 9.96. The van der Waals surface area contributed by atoms with E-state index in [1.54, 1.807) is 0 Å². The fourth-order valence-corrected chi connectivity index (χ4v) is 5.81.